The molecule has 128 valence electrons. The minimum atomic E-state index is -3.73. The molecule has 0 saturated heterocycles. The van der Waals surface area contributed by atoms with E-state index in [2.05, 4.69) is 4.72 Å². The molecule has 6 heteroatoms. The molecule has 0 bridgehead atoms. The quantitative estimate of drug-likeness (QED) is 0.809. The van der Waals surface area contributed by atoms with Gasteiger partial charge in [0.2, 0.25) is 0 Å². The normalized spacial score (nSPS) is 11.1. The summed E-state index contributed by atoms with van der Waals surface area (Å²) in [5.74, 6) is -0.468. The summed E-state index contributed by atoms with van der Waals surface area (Å²) >= 11 is 0. The topological polar surface area (TPSA) is 72.5 Å². The predicted molar refractivity (Wildman–Crippen MR) is 93.7 cm³/mol. The smallest absolute Gasteiger partial charge is 0.338 e. The van der Waals surface area contributed by atoms with E-state index >= 15 is 0 Å². The summed E-state index contributed by atoms with van der Waals surface area (Å²) in [4.78, 5) is 12.1. The number of ether oxygens (including phenoxy) is 1. The number of carbonyl (C=O) groups is 1. The van der Waals surface area contributed by atoms with Crippen LogP contribution in [0.4, 0.5) is 5.69 Å². The van der Waals surface area contributed by atoms with Crippen molar-refractivity contribution >= 4 is 21.7 Å². The molecule has 2 aromatic rings. The maximum atomic E-state index is 12.6. The Hall–Kier alpha value is -2.34. The highest BCUT2D eigenvalue weighted by Crippen LogP contribution is 2.21. The van der Waals surface area contributed by atoms with Crippen molar-refractivity contribution in [1.29, 1.82) is 0 Å². The van der Waals surface area contributed by atoms with Crippen LogP contribution in [-0.2, 0) is 14.8 Å². The molecular weight excluding hydrogens is 326 g/mol. The third kappa shape index (κ3) is 4.35. The molecule has 0 heterocycles. The van der Waals surface area contributed by atoms with Gasteiger partial charge in [0.05, 0.1) is 17.1 Å². The molecule has 0 aromatic heterocycles. The summed E-state index contributed by atoms with van der Waals surface area (Å²) < 4.78 is 32.8. The van der Waals surface area contributed by atoms with Crippen LogP contribution in [0.15, 0.2) is 47.4 Å². The number of nitrogens with one attached hydrogen (secondary N) is 1. The lowest BCUT2D eigenvalue weighted by atomic mass is 10.2. The Labute approximate surface area is 142 Å². The molecule has 5 nitrogen and oxygen atoms in total. The first kappa shape index (κ1) is 18.0. The molecule has 0 radical (unpaired) electrons. The molecule has 0 aliphatic carbocycles. The van der Waals surface area contributed by atoms with E-state index in [1.165, 1.54) is 6.07 Å². The second-order valence-electron chi connectivity index (χ2n) is 5.59. The zero-order chi connectivity index (χ0) is 17.7. The van der Waals surface area contributed by atoms with Crippen LogP contribution in [0.25, 0.3) is 0 Å². The highest BCUT2D eigenvalue weighted by atomic mass is 32.2. The Morgan fingerprint density at radius 3 is 2.58 bits per heavy atom. The average Bonchev–Trinajstić information content (AvgIpc) is 2.54. The average molecular weight is 347 g/mol. The molecule has 24 heavy (non-hydrogen) atoms. The Morgan fingerprint density at radius 1 is 1.12 bits per heavy atom. The van der Waals surface area contributed by atoms with Crippen LogP contribution in [0.5, 0.6) is 0 Å². The van der Waals surface area contributed by atoms with Crippen LogP contribution >= 0.6 is 0 Å². The minimum absolute atomic E-state index is 0.224. The summed E-state index contributed by atoms with van der Waals surface area (Å²) in [6.07, 6.45) is 0.727. The Kier molecular flexibility index (Phi) is 5.62. The van der Waals surface area contributed by atoms with Gasteiger partial charge in [-0.05, 0) is 55.7 Å². The number of esters is 1. The van der Waals surface area contributed by atoms with Gasteiger partial charge in [0, 0.05) is 5.69 Å². The van der Waals surface area contributed by atoms with Crippen molar-refractivity contribution in [2.24, 2.45) is 0 Å². The van der Waals surface area contributed by atoms with Crippen LogP contribution < -0.4 is 4.72 Å². The van der Waals surface area contributed by atoms with Gasteiger partial charge in [0.25, 0.3) is 10.0 Å². The number of aryl methyl sites for hydroxylation is 2. The number of hydrogen-bond donors (Lipinski definition) is 1. The lowest BCUT2D eigenvalue weighted by molar-refractivity contribution is 0.0505. The fraction of sp³-hybridized carbons (Fsp3) is 0.278. The third-order valence-corrected chi connectivity index (χ3v) is 4.94. The monoisotopic (exact) mass is 347 g/mol. The summed E-state index contributed by atoms with van der Waals surface area (Å²) in [6.45, 7) is 5.81. The summed E-state index contributed by atoms with van der Waals surface area (Å²) in [5, 5.41) is 0. The molecule has 0 amide bonds. The van der Waals surface area contributed by atoms with Crippen LogP contribution in [-0.4, -0.2) is 21.0 Å². The van der Waals surface area contributed by atoms with E-state index in [-0.39, 0.29) is 4.90 Å². The Bertz CT molecular complexity index is 844. The van der Waals surface area contributed by atoms with Crippen molar-refractivity contribution in [2.75, 3.05) is 11.3 Å². The molecule has 0 unspecified atom stereocenters. The van der Waals surface area contributed by atoms with E-state index in [9.17, 15) is 13.2 Å². The second-order valence-corrected chi connectivity index (χ2v) is 7.24. The number of anilines is 1. The first-order valence-electron chi connectivity index (χ1n) is 7.71. The number of rotatable bonds is 6. The van der Waals surface area contributed by atoms with Crippen LogP contribution in [0, 0.1) is 13.8 Å². The van der Waals surface area contributed by atoms with Gasteiger partial charge in [-0.3, -0.25) is 4.72 Å². The van der Waals surface area contributed by atoms with Crippen LogP contribution in [0.2, 0.25) is 0 Å². The third-order valence-electron chi connectivity index (χ3n) is 3.42. The predicted octanol–water partition coefficient (Wildman–Crippen LogP) is 3.67. The SMILES string of the molecule is CCCOC(=O)c1cccc(NS(=O)(=O)c2cc(C)ccc2C)c1. The molecule has 0 fully saturated rings. The van der Waals surface area contributed by atoms with Crippen molar-refractivity contribution < 1.29 is 17.9 Å². The van der Waals surface area contributed by atoms with Gasteiger partial charge in [-0.1, -0.05) is 25.1 Å². The summed E-state index contributed by atoms with van der Waals surface area (Å²) in [7, 11) is -3.73. The van der Waals surface area contributed by atoms with Crippen molar-refractivity contribution in [2.45, 2.75) is 32.1 Å². The second kappa shape index (κ2) is 7.49. The fourth-order valence-electron chi connectivity index (χ4n) is 2.19. The molecule has 1 N–H and O–H groups in total. The van der Waals surface area contributed by atoms with Gasteiger partial charge in [0.15, 0.2) is 0 Å². The molecule has 0 atom stereocenters. The van der Waals surface area contributed by atoms with Gasteiger partial charge in [0.1, 0.15) is 0 Å². The van der Waals surface area contributed by atoms with Crippen LogP contribution in [0.1, 0.15) is 34.8 Å². The summed E-state index contributed by atoms with van der Waals surface area (Å²) in [5.41, 5.74) is 2.15. The highest BCUT2D eigenvalue weighted by molar-refractivity contribution is 7.92. The van der Waals surface area contributed by atoms with E-state index < -0.39 is 16.0 Å². The standard InChI is InChI=1S/C18H21NO4S/c1-4-10-23-18(20)15-6-5-7-16(12-15)19-24(21,22)17-11-13(2)8-9-14(17)3/h5-9,11-12,19H,4,10H2,1-3H3. The van der Waals surface area contributed by atoms with Gasteiger partial charge in [-0.25, -0.2) is 13.2 Å². The first-order valence-corrected chi connectivity index (χ1v) is 9.19. The molecule has 0 aliphatic heterocycles. The largest absolute Gasteiger partial charge is 0.462 e. The van der Waals surface area contributed by atoms with E-state index in [0.29, 0.717) is 23.4 Å². The van der Waals surface area contributed by atoms with Crippen molar-refractivity contribution in [1.82, 2.24) is 0 Å². The number of sulfonamides is 1. The zero-order valence-corrected chi connectivity index (χ0v) is 14.8. The van der Waals surface area contributed by atoms with Crippen molar-refractivity contribution in [3.63, 3.8) is 0 Å². The molecule has 0 spiro atoms. The number of carbonyl (C=O) groups excluding carboxylic acids is 1. The van der Waals surface area contributed by atoms with Gasteiger partial charge in [-0.2, -0.15) is 0 Å². The molecule has 0 aliphatic rings. The zero-order valence-electron chi connectivity index (χ0n) is 14.0. The maximum Gasteiger partial charge on any atom is 0.338 e. The van der Waals surface area contributed by atoms with Crippen molar-refractivity contribution in [3.05, 3.63) is 59.2 Å². The number of benzene rings is 2. The molecular formula is C18H21NO4S. The van der Waals surface area contributed by atoms with E-state index in [4.69, 9.17) is 4.74 Å². The Morgan fingerprint density at radius 2 is 1.88 bits per heavy atom. The molecule has 2 aromatic carbocycles. The van der Waals surface area contributed by atoms with Gasteiger partial charge in [-0.15, -0.1) is 0 Å². The summed E-state index contributed by atoms with van der Waals surface area (Å²) in [6, 6.07) is 11.5. The van der Waals surface area contributed by atoms with Crippen LogP contribution in [0.3, 0.4) is 0 Å². The van der Waals surface area contributed by atoms with Gasteiger partial charge >= 0.3 is 5.97 Å². The van der Waals surface area contributed by atoms with E-state index in [1.807, 2.05) is 19.9 Å². The Balaban J connectivity index is 2.27. The minimum Gasteiger partial charge on any atom is -0.462 e. The van der Waals surface area contributed by atoms with Crippen molar-refractivity contribution in [3.8, 4) is 0 Å². The maximum absolute atomic E-state index is 12.6. The first-order chi connectivity index (χ1) is 11.3. The van der Waals surface area contributed by atoms with Gasteiger partial charge < -0.3 is 4.74 Å². The van der Waals surface area contributed by atoms with E-state index in [0.717, 1.165) is 12.0 Å². The molecule has 0 saturated carbocycles. The molecule has 2 rings (SSSR count). The number of hydrogen-bond acceptors (Lipinski definition) is 4. The highest BCUT2D eigenvalue weighted by Gasteiger charge is 2.18. The van der Waals surface area contributed by atoms with E-state index in [1.54, 1.807) is 37.3 Å². The lowest BCUT2D eigenvalue weighted by Crippen LogP contribution is -2.15. The lowest BCUT2D eigenvalue weighted by Gasteiger charge is -2.12. The fourth-order valence-corrected chi connectivity index (χ4v) is 3.57.